The summed E-state index contributed by atoms with van der Waals surface area (Å²) in [6, 6.07) is 7.92. The van der Waals surface area contributed by atoms with Crippen molar-refractivity contribution >= 4 is 40.7 Å². The Bertz CT molecular complexity index is 983. The molecule has 2 aromatic carbocycles. The van der Waals surface area contributed by atoms with Crippen LogP contribution in [-0.2, 0) is 4.74 Å². The van der Waals surface area contributed by atoms with Gasteiger partial charge in [-0.3, -0.25) is 0 Å². The number of benzene rings is 2. The third-order valence-corrected chi connectivity index (χ3v) is 3.74. The average molecular weight is 392 g/mol. The van der Waals surface area contributed by atoms with Crippen LogP contribution in [0.1, 0.15) is 10.4 Å². The minimum Gasteiger partial charge on any atom is -0.465 e. The van der Waals surface area contributed by atoms with Gasteiger partial charge in [-0.15, -0.1) is 5.10 Å². The Hall–Kier alpha value is -3.33. The van der Waals surface area contributed by atoms with Crippen molar-refractivity contribution in [2.75, 3.05) is 17.7 Å². The number of hydrogen-bond acceptors (Lipinski definition) is 7. The van der Waals surface area contributed by atoms with Gasteiger partial charge in [0.1, 0.15) is 17.3 Å². The van der Waals surface area contributed by atoms with Crippen molar-refractivity contribution in [2.24, 2.45) is 0 Å². The smallest absolute Gasteiger partial charge is 0.337 e. The van der Waals surface area contributed by atoms with Crippen LogP contribution in [0.15, 0.2) is 42.6 Å². The van der Waals surface area contributed by atoms with Gasteiger partial charge in [0.15, 0.2) is 5.82 Å². The number of anilines is 4. The van der Waals surface area contributed by atoms with Gasteiger partial charge in [0, 0.05) is 0 Å². The fraction of sp³-hybridized carbons (Fsp3) is 0.0588. The second-order valence-electron chi connectivity index (χ2n) is 5.20. The van der Waals surface area contributed by atoms with Crippen LogP contribution < -0.4 is 10.6 Å². The van der Waals surface area contributed by atoms with E-state index < -0.39 is 23.3 Å². The number of carbonyl (C=O) groups excluding carboxylic acids is 1. The molecule has 1 aromatic heterocycles. The lowest BCUT2D eigenvalue weighted by Crippen LogP contribution is -2.06. The predicted octanol–water partition coefficient (Wildman–Crippen LogP) is 4.08. The molecule has 0 aliphatic rings. The molecule has 0 saturated carbocycles. The number of aromatic nitrogens is 3. The third kappa shape index (κ3) is 4.26. The summed E-state index contributed by atoms with van der Waals surface area (Å²) < 4.78 is 32.1. The summed E-state index contributed by atoms with van der Waals surface area (Å²) in [7, 11) is 1.26. The van der Waals surface area contributed by atoms with E-state index in [1.165, 1.54) is 37.6 Å². The van der Waals surface area contributed by atoms with Crippen molar-refractivity contribution in [1.29, 1.82) is 0 Å². The Labute approximate surface area is 157 Å². The number of methoxy groups -OCH3 is 1. The highest BCUT2D eigenvalue weighted by Crippen LogP contribution is 2.27. The van der Waals surface area contributed by atoms with Gasteiger partial charge in [-0.25, -0.2) is 13.6 Å². The highest BCUT2D eigenvalue weighted by atomic mass is 35.5. The molecule has 1 heterocycles. The topological polar surface area (TPSA) is 89.0 Å². The van der Waals surface area contributed by atoms with Crippen molar-refractivity contribution in [1.82, 2.24) is 15.2 Å². The molecule has 0 bridgehead atoms. The quantitative estimate of drug-likeness (QED) is 0.633. The maximum Gasteiger partial charge on any atom is 0.337 e. The first kappa shape index (κ1) is 18.5. The Balaban J connectivity index is 1.85. The number of rotatable bonds is 5. The van der Waals surface area contributed by atoms with Crippen LogP contribution in [-0.4, -0.2) is 28.3 Å². The van der Waals surface area contributed by atoms with Crippen molar-refractivity contribution < 1.29 is 18.3 Å². The normalized spacial score (nSPS) is 10.4. The molecule has 0 saturated heterocycles. The van der Waals surface area contributed by atoms with Crippen molar-refractivity contribution in [3.63, 3.8) is 0 Å². The first-order chi connectivity index (χ1) is 13.0. The SMILES string of the molecule is COC(=O)c1ccc(Cl)c(Nc2cnnc(Nc3c(F)cccc3F)n2)c1. The Morgan fingerprint density at radius 3 is 2.59 bits per heavy atom. The van der Waals surface area contributed by atoms with E-state index in [0.717, 1.165) is 12.1 Å². The first-order valence-corrected chi connectivity index (χ1v) is 7.91. The third-order valence-electron chi connectivity index (χ3n) is 3.41. The lowest BCUT2D eigenvalue weighted by atomic mass is 10.2. The molecule has 0 unspecified atom stereocenters. The zero-order valence-electron chi connectivity index (χ0n) is 13.8. The van der Waals surface area contributed by atoms with E-state index >= 15 is 0 Å². The van der Waals surface area contributed by atoms with Gasteiger partial charge >= 0.3 is 5.97 Å². The zero-order valence-corrected chi connectivity index (χ0v) is 14.6. The molecular weight excluding hydrogens is 380 g/mol. The molecule has 0 aliphatic carbocycles. The predicted molar refractivity (Wildman–Crippen MR) is 95.5 cm³/mol. The summed E-state index contributed by atoms with van der Waals surface area (Å²) in [5.74, 6) is -2.08. The fourth-order valence-electron chi connectivity index (χ4n) is 2.15. The summed E-state index contributed by atoms with van der Waals surface area (Å²) in [6.45, 7) is 0. The van der Waals surface area contributed by atoms with Crippen LogP contribution in [0, 0.1) is 11.6 Å². The number of para-hydroxylation sites is 1. The summed E-state index contributed by atoms with van der Waals surface area (Å²) in [6.07, 6.45) is 1.28. The van der Waals surface area contributed by atoms with E-state index in [0.29, 0.717) is 10.7 Å². The monoisotopic (exact) mass is 391 g/mol. The van der Waals surface area contributed by atoms with Gasteiger partial charge < -0.3 is 15.4 Å². The van der Waals surface area contributed by atoms with Crippen LogP contribution in [0.4, 0.5) is 31.9 Å². The van der Waals surface area contributed by atoms with Crippen LogP contribution in [0.2, 0.25) is 5.02 Å². The Morgan fingerprint density at radius 1 is 1.15 bits per heavy atom. The summed E-state index contributed by atoms with van der Waals surface area (Å²) in [4.78, 5) is 15.7. The highest BCUT2D eigenvalue weighted by Gasteiger charge is 2.12. The molecule has 138 valence electrons. The molecule has 0 amide bonds. The van der Waals surface area contributed by atoms with E-state index in [4.69, 9.17) is 11.6 Å². The minimum absolute atomic E-state index is 0.135. The minimum atomic E-state index is -0.800. The van der Waals surface area contributed by atoms with Crippen molar-refractivity contribution in [3.05, 3.63) is 64.8 Å². The highest BCUT2D eigenvalue weighted by molar-refractivity contribution is 6.33. The Morgan fingerprint density at radius 2 is 1.89 bits per heavy atom. The fourth-order valence-corrected chi connectivity index (χ4v) is 2.31. The number of halogens is 3. The zero-order chi connectivity index (χ0) is 19.4. The van der Waals surface area contributed by atoms with E-state index in [1.807, 2.05) is 0 Å². The average Bonchev–Trinajstić information content (AvgIpc) is 2.66. The molecular formula is C17H12ClF2N5O2. The molecule has 3 aromatic rings. The number of ether oxygens (including phenoxy) is 1. The molecule has 0 radical (unpaired) electrons. The summed E-state index contributed by atoms with van der Waals surface area (Å²) in [5.41, 5.74) is 0.239. The number of esters is 1. The van der Waals surface area contributed by atoms with Gasteiger partial charge in [-0.1, -0.05) is 17.7 Å². The Kier molecular flexibility index (Phi) is 5.41. The standard InChI is InChI=1S/C17H12ClF2N5O2/c1-27-16(26)9-5-6-10(18)13(7-9)22-14-8-21-25-17(23-14)24-15-11(19)3-2-4-12(15)20/h2-8H,1H3,(H2,22,23,24,25). The molecule has 7 nitrogen and oxygen atoms in total. The summed E-state index contributed by atoms with van der Waals surface area (Å²) >= 11 is 6.11. The molecule has 0 aliphatic heterocycles. The van der Waals surface area contributed by atoms with Crippen LogP contribution in [0.3, 0.4) is 0 Å². The van der Waals surface area contributed by atoms with Crippen LogP contribution in [0.5, 0.6) is 0 Å². The maximum atomic E-state index is 13.7. The number of nitrogens with zero attached hydrogens (tertiary/aromatic N) is 3. The molecule has 3 rings (SSSR count). The van der Waals surface area contributed by atoms with Gasteiger partial charge in [0.05, 0.1) is 29.6 Å². The second-order valence-corrected chi connectivity index (χ2v) is 5.61. The van der Waals surface area contributed by atoms with Gasteiger partial charge in [-0.2, -0.15) is 10.1 Å². The van der Waals surface area contributed by atoms with Gasteiger partial charge in [0.2, 0.25) is 5.95 Å². The van der Waals surface area contributed by atoms with Gasteiger partial charge in [0.25, 0.3) is 0 Å². The van der Waals surface area contributed by atoms with E-state index in [-0.39, 0.29) is 17.3 Å². The molecule has 10 heteroatoms. The molecule has 2 N–H and O–H groups in total. The van der Waals surface area contributed by atoms with Gasteiger partial charge in [-0.05, 0) is 30.3 Å². The maximum absolute atomic E-state index is 13.7. The molecule has 0 atom stereocenters. The number of hydrogen-bond donors (Lipinski definition) is 2. The largest absolute Gasteiger partial charge is 0.465 e. The van der Waals surface area contributed by atoms with Crippen LogP contribution in [0.25, 0.3) is 0 Å². The second kappa shape index (κ2) is 7.92. The number of nitrogens with one attached hydrogen (secondary N) is 2. The number of carbonyl (C=O) groups is 1. The molecule has 0 spiro atoms. The van der Waals surface area contributed by atoms with E-state index in [1.54, 1.807) is 0 Å². The molecule has 0 fully saturated rings. The first-order valence-electron chi connectivity index (χ1n) is 7.53. The van der Waals surface area contributed by atoms with E-state index in [9.17, 15) is 13.6 Å². The molecule has 27 heavy (non-hydrogen) atoms. The lowest BCUT2D eigenvalue weighted by Gasteiger charge is -2.10. The summed E-state index contributed by atoms with van der Waals surface area (Å²) in [5, 5.41) is 13.0. The lowest BCUT2D eigenvalue weighted by molar-refractivity contribution is 0.0601. The van der Waals surface area contributed by atoms with E-state index in [2.05, 4.69) is 30.6 Å². The van der Waals surface area contributed by atoms with Crippen molar-refractivity contribution in [2.45, 2.75) is 0 Å². The van der Waals surface area contributed by atoms with Crippen LogP contribution >= 0.6 is 11.6 Å². The van der Waals surface area contributed by atoms with Crippen molar-refractivity contribution in [3.8, 4) is 0 Å².